The van der Waals surface area contributed by atoms with Gasteiger partial charge in [0.1, 0.15) is 0 Å². The van der Waals surface area contributed by atoms with Gasteiger partial charge < -0.3 is 16.4 Å². The standard InChI is InChI=1S/C23H41N3O.2ClH/c1-3-5-8-17-23(27)26-19-22(16-11-15-21(24)14-6-4-2)25-18-20-12-9-7-10-13-20;;/h7,9-10,12-13,21-22,25H,3-6,8,11,14-19,24H2,1-2H3,(H,26,27);2*1H. The Morgan fingerprint density at radius 3 is 2.24 bits per heavy atom. The second-order valence-corrected chi connectivity index (χ2v) is 7.66. The summed E-state index contributed by atoms with van der Waals surface area (Å²) in [4.78, 5) is 12.0. The van der Waals surface area contributed by atoms with Gasteiger partial charge in [0, 0.05) is 31.6 Å². The van der Waals surface area contributed by atoms with E-state index in [4.69, 9.17) is 5.73 Å². The molecule has 1 aromatic rings. The van der Waals surface area contributed by atoms with Crippen molar-refractivity contribution < 1.29 is 4.79 Å². The number of nitrogens with two attached hydrogens (primary N) is 1. The molecular weight excluding hydrogens is 405 g/mol. The van der Waals surface area contributed by atoms with Crippen LogP contribution in [0.4, 0.5) is 0 Å². The number of rotatable bonds is 16. The van der Waals surface area contributed by atoms with E-state index in [-0.39, 0.29) is 30.7 Å². The summed E-state index contributed by atoms with van der Waals surface area (Å²) in [6, 6.07) is 11.0. The summed E-state index contributed by atoms with van der Waals surface area (Å²) in [5.74, 6) is 0.176. The SMILES string of the molecule is CCCCCC(=O)NCC(CCCC(N)CCCC)NCc1ccccc1.Cl.Cl. The number of hydrogen-bond acceptors (Lipinski definition) is 3. The largest absolute Gasteiger partial charge is 0.355 e. The van der Waals surface area contributed by atoms with E-state index in [2.05, 4.69) is 48.7 Å². The number of amides is 1. The first-order valence-electron chi connectivity index (χ1n) is 10.9. The lowest BCUT2D eigenvalue weighted by atomic mass is 10.0. The lowest BCUT2D eigenvalue weighted by Crippen LogP contribution is -2.40. The number of unbranched alkanes of at least 4 members (excludes halogenated alkanes) is 3. The van der Waals surface area contributed by atoms with Crippen LogP contribution in [0.5, 0.6) is 0 Å². The van der Waals surface area contributed by atoms with Gasteiger partial charge in [-0.2, -0.15) is 0 Å². The van der Waals surface area contributed by atoms with Crippen molar-refractivity contribution in [3.63, 3.8) is 0 Å². The van der Waals surface area contributed by atoms with Crippen LogP contribution in [0.1, 0.15) is 83.6 Å². The first kappa shape index (κ1) is 30.4. The molecule has 6 heteroatoms. The maximum absolute atomic E-state index is 12.0. The highest BCUT2D eigenvalue weighted by atomic mass is 35.5. The molecule has 1 aromatic carbocycles. The van der Waals surface area contributed by atoms with E-state index in [1.165, 1.54) is 18.4 Å². The van der Waals surface area contributed by atoms with Crippen LogP contribution >= 0.6 is 24.8 Å². The van der Waals surface area contributed by atoms with Crippen molar-refractivity contribution in [1.82, 2.24) is 10.6 Å². The molecule has 2 unspecified atom stereocenters. The molecule has 0 radical (unpaired) electrons. The van der Waals surface area contributed by atoms with E-state index >= 15 is 0 Å². The average Bonchev–Trinajstić information content (AvgIpc) is 2.69. The number of nitrogens with one attached hydrogen (secondary N) is 2. The molecule has 1 amide bonds. The van der Waals surface area contributed by atoms with Gasteiger partial charge in [-0.1, -0.05) is 76.3 Å². The molecule has 0 heterocycles. The van der Waals surface area contributed by atoms with Crippen LogP contribution in [0, 0.1) is 0 Å². The Hall–Kier alpha value is -0.810. The summed E-state index contributed by atoms with van der Waals surface area (Å²) in [7, 11) is 0. The monoisotopic (exact) mass is 447 g/mol. The summed E-state index contributed by atoms with van der Waals surface area (Å²) >= 11 is 0. The van der Waals surface area contributed by atoms with Crippen molar-refractivity contribution in [2.75, 3.05) is 6.54 Å². The lowest BCUT2D eigenvalue weighted by Gasteiger charge is -2.20. The van der Waals surface area contributed by atoms with E-state index in [0.717, 1.165) is 51.5 Å². The predicted molar refractivity (Wildman–Crippen MR) is 130 cm³/mol. The van der Waals surface area contributed by atoms with Crippen molar-refractivity contribution in [1.29, 1.82) is 0 Å². The third-order valence-electron chi connectivity index (χ3n) is 5.05. The van der Waals surface area contributed by atoms with Crippen LogP contribution in [0.15, 0.2) is 30.3 Å². The fourth-order valence-corrected chi connectivity index (χ4v) is 3.23. The molecule has 0 saturated heterocycles. The van der Waals surface area contributed by atoms with Gasteiger partial charge in [-0.25, -0.2) is 0 Å². The third-order valence-corrected chi connectivity index (χ3v) is 5.05. The average molecular weight is 449 g/mol. The number of halogens is 2. The molecule has 4 N–H and O–H groups in total. The lowest BCUT2D eigenvalue weighted by molar-refractivity contribution is -0.121. The fourth-order valence-electron chi connectivity index (χ4n) is 3.23. The molecule has 0 aromatic heterocycles. The van der Waals surface area contributed by atoms with Gasteiger partial charge in [-0.15, -0.1) is 24.8 Å². The van der Waals surface area contributed by atoms with Gasteiger partial charge in [0.25, 0.3) is 0 Å². The van der Waals surface area contributed by atoms with Gasteiger partial charge in [-0.05, 0) is 31.2 Å². The molecule has 0 saturated carbocycles. The quantitative estimate of drug-likeness (QED) is 0.298. The molecule has 2 atom stereocenters. The summed E-state index contributed by atoms with van der Waals surface area (Å²) in [5.41, 5.74) is 7.49. The van der Waals surface area contributed by atoms with Crippen LogP contribution in [0.25, 0.3) is 0 Å². The van der Waals surface area contributed by atoms with E-state index in [1.807, 2.05) is 6.07 Å². The number of hydrogen-bond donors (Lipinski definition) is 3. The number of carbonyl (C=O) groups excluding carboxylic acids is 1. The molecule has 0 aliphatic heterocycles. The van der Waals surface area contributed by atoms with Crippen LogP contribution in [-0.2, 0) is 11.3 Å². The van der Waals surface area contributed by atoms with Crippen molar-refractivity contribution in [3.05, 3.63) is 35.9 Å². The number of carbonyl (C=O) groups is 1. The van der Waals surface area contributed by atoms with E-state index in [0.29, 0.717) is 25.0 Å². The highest BCUT2D eigenvalue weighted by molar-refractivity contribution is 5.85. The maximum Gasteiger partial charge on any atom is 0.220 e. The van der Waals surface area contributed by atoms with Crippen molar-refractivity contribution in [2.24, 2.45) is 5.73 Å². The Kier molecular flexibility index (Phi) is 21.4. The molecule has 0 fully saturated rings. The third kappa shape index (κ3) is 16.7. The molecule has 0 aliphatic carbocycles. The first-order valence-corrected chi connectivity index (χ1v) is 10.9. The zero-order valence-corrected chi connectivity index (χ0v) is 20.0. The van der Waals surface area contributed by atoms with Gasteiger partial charge in [0.15, 0.2) is 0 Å². The van der Waals surface area contributed by atoms with E-state index < -0.39 is 0 Å². The van der Waals surface area contributed by atoms with E-state index in [9.17, 15) is 4.79 Å². The van der Waals surface area contributed by atoms with Crippen LogP contribution < -0.4 is 16.4 Å². The minimum Gasteiger partial charge on any atom is -0.355 e. The van der Waals surface area contributed by atoms with Crippen molar-refractivity contribution in [2.45, 2.75) is 96.7 Å². The zero-order chi connectivity index (χ0) is 19.7. The topological polar surface area (TPSA) is 67.2 Å². The molecule has 29 heavy (non-hydrogen) atoms. The molecule has 0 bridgehead atoms. The zero-order valence-electron chi connectivity index (χ0n) is 18.3. The molecule has 0 aliphatic rings. The Morgan fingerprint density at radius 1 is 0.931 bits per heavy atom. The highest BCUT2D eigenvalue weighted by Gasteiger charge is 2.11. The normalized spacial score (nSPS) is 12.4. The molecule has 0 spiro atoms. The van der Waals surface area contributed by atoms with Crippen LogP contribution in [0.3, 0.4) is 0 Å². The summed E-state index contributed by atoms with van der Waals surface area (Å²) in [6.45, 7) is 5.90. The second kappa shape index (κ2) is 20.5. The summed E-state index contributed by atoms with van der Waals surface area (Å²) in [6.07, 6.45) is 10.6. The molecular formula is C23H43Cl2N3O. The smallest absolute Gasteiger partial charge is 0.220 e. The first-order chi connectivity index (χ1) is 13.2. The summed E-state index contributed by atoms with van der Waals surface area (Å²) < 4.78 is 0. The Balaban J connectivity index is 0. The minimum atomic E-state index is 0. The predicted octanol–water partition coefficient (Wildman–Crippen LogP) is 5.37. The highest BCUT2D eigenvalue weighted by Crippen LogP contribution is 2.09. The fraction of sp³-hybridized carbons (Fsp3) is 0.696. The second-order valence-electron chi connectivity index (χ2n) is 7.66. The van der Waals surface area contributed by atoms with E-state index in [1.54, 1.807) is 0 Å². The Labute approximate surface area is 191 Å². The molecule has 1 rings (SSSR count). The van der Waals surface area contributed by atoms with Crippen molar-refractivity contribution >= 4 is 30.7 Å². The van der Waals surface area contributed by atoms with Crippen LogP contribution in [-0.4, -0.2) is 24.5 Å². The van der Waals surface area contributed by atoms with Gasteiger partial charge in [-0.3, -0.25) is 4.79 Å². The van der Waals surface area contributed by atoms with Crippen molar-refractivity contribution in [3.8, 4) is 0 Å². The summed E-state index contributed by atoms with van der Waals surface area (Å²) in [5, 5.41) is 6.74. The van der Waals surface area contributed by atoms with Gasteiger partial charge in [0.2, 0.25) is 5.91 Å². The van der Waals surface area contributed by atoms with Gasteiger partial charge >= 0.3 is 0 Å². The Morgan fingerprint density at radius 2 is 1.59 bits per heavy atom. The Bertz CT molecular complexity index is 488. The number of benzene rings is 1. The molecule has 4 nitrogen and oxygen atoms in total. The molecule has 170 valence electrons. The van der Waals surface area contributed by atoms with Gasteiger partial charge in [0.05, 0.1) is 0 Å². The maximum atomic E-state index is 12.0. The minimum absolute atomic E-state index is 0. The van der Waals surface area contributed by atoms with Crippen LogP contribution in [0.2, 0.25) is 0 Å².